The first kappa shape index (κ1) is 16.0. The van der Waals surface area contributed by atoms with Gasteiger partial charge in [-0.2, -0.15) is 0 Å². The molecule has 2 N–H and O–H groups in total. The molecule has 0 spiro atoms. The number of aliphatic carboxylic acids is 1. The summed E-state index contributed by atoms with van der Waals surface area (Å²) in [5.41, 5.74) is 0.376. The number of carboxylic acid groups (broad SMARTS) is 1. The standard InChI is InChI=1S/C13H15BrClNO3/c1-2-8(5-12(17)18)7-16-13(19)10-6-9(14)3-4-11(10)15/h3-4,6,8H,2,5,7H2,1H3,(H,16,19)(H,17,18). The van der Waals surface area contributed by atoms with Gasteiger partial charge in [-0.25, -0.2) is 0 Å². The number of halogens is 2. The number of rotatable bonds is 6. The lowest BCUT2D eigenvalue weighted by atomic mass is 10.0. The van der Waals surface area contributed by atoms with Crippen molar-refractivity contribution in [3.8, 4) is 0 Å². The Morgan fingerprint density at radius 2 is 2.16 bits per heavy atom. The van der Waals surface area contributed by atoms with Crippen molar-refractivity contribution >= 4 is 39.4 Å². The van der Waals surface area contributed by atoms with Gasteiger partial charge in [-0.3, -0.25) is 9.59 Å². The number of benzene rings is 1. The van der Waals surface area contributed by atoms with Gasteiger partial charge in [0.2, 0.25) is 0 Å². The molecule has 0 aliphatic heterocycles. The number of carbonyl (C=O) groups is 2. The lowest BCUT2D eigenvalue weighted by molar-refractivity contribution is -0.138. The lowest BCUT2D eigenvalue weighted by Gasteiger charge is -2.14. The Balaban J connectivity index is 2.64. The third-order valence-electron chi connectivity index (χ3n) is 2.76. The molecule has 0 bridgehead atoms. The summed E-state index contributed by atoms with van der Waals surface area (Å²) in [7, 11) is 0. The van der Waals surface area contributed by atoms with Crippen molar-refractivity contribution in [2.24, 2.45) is 5.92 Å². The SMILES string of the molecule is CCC(CNC(=O)c1cc(Br)ccc1Cl)CC(=O)O. The molecule has 0 saturated heterocycles. The first-order valence-electron chi connectivity index (χ1n) is 5.89. The largest absolute Gasteiger partial charge is 0.481 e. The maximum Gasteiger partial charge on any atom is 0.303 e. The Labute approximate surface area is 125 Å². The van der Waals surface area contributed by atoms with Crippen molar-refractivity contribution in [1.82, 2.24) is 5.32 Å². The van der Waals surface area contributed by atoms with Crippen LogP contribution < -0.4 is 5.32 Å². The van der Waals surface area contributed by atoms with Crippen molar-refractivity contribution in [1.29, 1.82) is 0 Å². The summed E-state index contributed by atoms with van der Waals surface area (Å²) in [6, 6.07) is 5.02. The Hall–Kier alpha value is -1.07. The van der Waals surface area contributed by atoms with Gasteiger partial charge >= 0.3 is 5.97 Å². The Morgan fingerprint density at radius 3 is 2.74 bits per heavy atom. The van der Waals surface area contributed by atoms with Crippen molar-refractivity contribution in [3.05, 3.63) is 33.3 Å². The second kappa shape index (κ2) is 7.50. The van der Waals surface area contributed by atoms with E-state index in [1.54, 1.807) is 18.2 Å². The van der Waals surface area contributed by atoms with Gasteiger partial charge in [0.25, 0.3) is 5.91 Å². The second-order valence-electron chi connectivity index (χ2n) is 4.21. The molecule has 0 radical (unpaired) electrons. The van der Waals surface area contributed by atoms with E-state index in [1.807, 2.05) is 6.92 Å². The summed E-state index contributed by atoms with van der Waals surface area (Å²) in [5.74, 6) is -1.23. The molecule has 6 heteroatoms. The second-order valence-corrected chi connectivity index (χ2v) is 5.53. The summed E-state index contributed by atoms with van der Waals surface area (Å²) < 4.78 is 0.764. The molecule has 0 aliphatic carbocycles. The topological polar surface area (TPSA) is 66.4 Å². The van der Waals surface area contributed by atoms with Crippen LogP contribution in [0, 0.1) is 5.92 Å². The van der Waals surface area contributed by atoms with Crippen LogP contribution in [0.3, 0.4) is 0 Å². The Kier molecular flexibility index (Phi) is 6.31. The summed E-state index contributed by atoms with van der Waals surface area (Å²) in [4.78, 5) is 22.6. The Bertz CT molecular complexity index is 479. The molecular formula is C13H15BrClNO3. The highest BCUT2D eigenvalue weighted by Crippen LogP contribution is 2.21. The predicted octanol–water partition coefficient (Wildman–Crippen LogP) is 3.33. The maximum absolute atomic E-state index is 12.0. The van der Waals surface area contributed by atoms with E-state index in [0.717, 1.165) is 4.47 Å². The summed E-state index contributed by atoms with van der Waals surface area (Å²) in [6.07, 6.45) is 0.738. The van der Waals surface area contributed by atoms with Crippen LogP contribution in [0.25, 0.3) is 0 Å². The lowest BCUT2D eigenvalue weighted by Crippen LogP contribution is -2.30. The van der Waals surface area contributed by atoms with Crippen LogP contribution in [0.15, 0.2) is 22.7 Å². The average molecular weight is 349 g/mol. The van der Waals surface area contributed by atoms with Crippen LogP contribution in [0.1, 0.15) is 30.1 Å². The molecule has 0 fully saturated rings. The third kappa shape index (κ3) is 5.20. The molecule has 104 valence electrons. The minimum atomic E-state index is -0.860. The van der Waals surface area contributed by atoms with Crippen molar-refractivity contribution in [2.45, 2.75) is 19.8 Å². The van der Waals surface area contributed by atoms with E-state index in [1.165, 1.54) is 0 Å². The molecule has 0 saturated carbocycles. The summed E-state index contributed by atoms with van der Waals surface area (Å²) in [6.45, 7) is 2.22. The van der Waals surface area contributed by atoms with Gasteiger partial charge in [-0.15, -0.1) is 0 Å². The fourth-order valence-corrected chi connectivity index (χ4v) is 2.18. The van der Waals surface area contributed by atoms with Crippen LogP contribution in [0.4, 0.5) is 0 Å². The van der Waals surface area contributed by atoms with Gasteiger partial charge < -0.3 is 10.4 Å². The monoisotopic (exact) mass is 347 g/mol. The highest BCUT2D eigenvalue weighted by Gasteiger charge is 2.15. The van der Waals surface area contributed by atoms with E-state index in [0.29, 0.717) is 23.6 Å². The van der Waals surface area contributed by atoms with Gasteiger partial charge in [0, 0.05) is 17.4 Å². The maximum atomic E-state index is 12.0. The smallest absolute Gasteiger partial charge is 0.303 e. The molecule has 1 aromatic carbocycles. The first-order chi connectivity index (χ1) is 8.93. The Morgan fingerprint density at radius 1 is 1.47 bits per heavy atom. The van der Waals surface area contributed by atoms with E-state index in [2.05, 4.69) is 21.2 Å². The van der Waals surface area contributed by atoms with Crippen LogP contribution >= 0.6 is 27.5 Å². The zero-order valence-electron chi connectivity index (χ0n) is 10.5. The molecule has 0 aliphatic rings. The molecule has 1 aromatic rings. The fourth-order valence-electron chi connectivity index (χ4n) is 1.61. The van der Waals surface area contributed by atoms with Crippen molar-refractivity contribution in [2.75, 3.05) is 6.54 Å². The number of carbonyl (C=O) groups excluding carboxylic acids is 1. The van der Waals surface area contributed by atoms with Crippen LogP contribution in [0.5, 0.6) is 0 Å². The van der Waals surface area contributed by atoms with E-state index < -0.39 is 5.97 Å². The molecule has 0 heterocycles. The molecule has 1 amide bonds. The van der Waals surface area contributed by atoms with Crippen molar-refractivity contribution < 1.29 is 14.7 Å². The molecule has 0 aromatic heterocycles. The summed E-state index contributed by atoms with van der Waals surface area (Å²) in [5, 5.41) is 11.8. The highest BCUT2D eigenvalue weighted by molar-refractivity contribution is 9.10. The minimum absolute atomic E-state index is 0.0446. The molecular weight excluding hydrogens is 334 g/mol. The van der Waals surface area contributed by atoms with E-state index in [9.17, 15) is 9.59 Å². The molecule has 1 unspecified atom stereocenters. The number of hydrogen-bond acceptors (Lipinski definition) is 2. The van der Waals surface area contributed by atoms with Gasteiger partial charge in [-0.1, -0.05) is 40.9 Å². The fraction of sp³-hybridized carbons (Fsp3) is 0.385. The normalized spacial score (nSPS) is 11.9. The van der Waals surface area contributed by atoms with Gasteiger partial charge in [0.1, 0.15) is 0 Å². The third-order valence-corrected chi connectivity index (χ3v) is 3.59. The van der Waals surface area contributed by atoms with Crippen LogP contribution in [-0.4, -0.2) is 23.5 Å². The average Bonchev–Trinajstić information content (AvgIpc) is 2.36. The number of hydrogen-bond donors (Lipinski definition) is 2. The van der Waals surface area contributed by atoms with E-state index in [-0.39, 0.29) is 18.2 Å². The van der Waals surface area contributed by atoms with E-state index >= 15 is 0 Å². The summed E-state index contributed by atoms with van der Waals surface area (Å²) >= 11 is 9.22. The van der Waals surface area contributed by atoms with Gasteiger partial charge in [-0.05, 0) is 24.1 Å². The molecule has 1 rings (SSSR count). The van der Waals surface area contributed by atoms with Crippen molar-refractivity contribution in [3.63, 3.8) is 0 Å². The van der Waals surface area contributed by atoms with Crippen LogP contribution in [-0.2, 0) is 4.79 Å². The molecule has 19 heavy (non-hydrogen) atoms. The molecule has 4 nitrogen and oxygen atoms in total. The van der Waals surface area contributed by atoms with Crippen LogP contribution in [0.2, 0.25) is 5.02 Å². The quantitative estimate of drug-likeness (QED) is 0.828. The zero-order valence-corrected chi connectivity index (χ0v) is 12.8. The number of amides is 1. The highest BCUT2D eigenvalue weighted by atomic mass is 79.9. The molecule has 1 atom stereocenters. The number of nitrogens with one attached hydrogen (secondary N) is 1. The van der Waals surface area contributed by atoms with Gasteiger partial charge in [0.05, 0.1) is 10.6 Å². The minimum Gasteiger partial charge on any atom is -0.481 e. The zero-order chi connectivity index (χ0) is 14.4. The number of carboxylic acids is 1. The van der Waals surface area contributed by atoms with E-state index in [4.69, 9.17) is 16.7 Å². The first-order valence-corrected chi connectivity index (χ1v) is 7.06. The van der Waals surface area contributed by atoms with Gasteiger partial charge in [0.15, 0.2) is 0 Å². The predicted molar refractivity (Wildman–Crippen MR) is 77.5 cm³/mol.